The maximum Gasteiger partial charge on any atom is 0.270 e. The molecular weight excluding hydrogens is 266 g/mol. The molecule has 0 fully saturated rings. The number of aryl methyl sites for hydroxylation is 1. The van der Waals surface area contributed by atoms with Crippen molar-refractivity contribution in [3.8, 4) is 0 Å². The van der Waals surface area contributed by atoms with Crippen LogP contribution in [0.4, 0.5) is 5.82 Å². The van der Waals surface area contributed by atoms with Gasteiger partial charge in [0.2, 0.25) is 0 Å². The molecule has 0 spiro atoms. The minimum Gasteiger partial charge on any atom is -0.366 e. The summed E-state index contributed by atoms with van der Waals surface area (Å²) >= 11 is 0. The van der Waals surface area contributed by atoms with E-state index < -0.39 is 0 Å². The predicted octanol–water partition coefficient (Wildman–Crippen LogP) is 1.93. The van der Waals surface area contributed by atoms with E-state index in [0.29, 0.717) is 30.4 Å². The summed E-state index contributed by atoms with van der Waals surface area (Å²) in [5.41, 5.74) is 1.43. The Kier molecular flexibility index (Phi) is 5.20. The number of carbonyl (C=O) groups excluding carboxylic acids is 1. The van der Waals surface area contributed by atoms with Crippen molar-refractivity contribution in [3.63, 3.8) is 0 Å². The van der Waals surface area contributed by atoms with Crippen LogP contribution in [-0.2, 0) is 6.54 Å². The van der Waals surface area contributed by atoms with Crippen molar-refractivity contribution < 1.29 is 4.79 Å². The summed E-state index contributed by atoms with van der Waals surface area (Å²) in [6.45, 7) is 5.01. The first-order valence-corrected chi connectivity index (χ1v) is 6.95. The fourth-order valence-electron chi connectivity index (χ4n) is 1.80. The first-order chi connectivity index (χ1) is 10.2. The number of carbonyl (C=O) groups is 1. The van der Waals surface area contributed by atoms with Gasteiger partial charge in [0.25, 0.3) is 5.91 Å². The van der Waals surface area contributed by atoms with E-state index in [4.69, 9.17) is 0 Å². The van der Waals surface area contributed by atoms with Crippen molar-refractivity contribution >= 4 is 11.7 Å². The van der Waals surface area contributed by atoms with Crippen LogP contribution in [-0.4, -0.2) is 27.4 Å². The molecule has 2 heterocycles. The second kappa shape index (κ2) is 7.33. The van der Waals surface area contributed by atoms with Gasteiger partial charge in [-0.1, -0.05) is 13.0 Å². The van der Waals surface area contributed by atoms with Gasteiger partial charge in [-0.05, 0) is 25.0 Å². The Balaban J connectivity index is 2.06. The lowest BCUT2D eigenvalue weighted by Gasteiger charge is -2.08. The molecule has 6 heteroatoms. The quantitative estimate of drug-likeness (QED) is 0.847. The van der Waals surface area contributed by atoms with Crippen LogP contribution in [0.3, 0.4) is 0 Å². The van der Waals surface area contributed by atoms with E-state index in [0.717, 1.165) is 12.0 Å². The van der Waals surface area contributed by atoms with Crippen LogP contribution in [0.25, 0.3) is 0 Å². The van der Waals surface area contributed by atoms with Crippen molar-refractivity contribution in [1.82, 2.24) is 20.3 Å². The van der Waals surface area contributed by atoms with Crippen LogP contribution in [0, 0.1) is 6.92 Å². The Morgan fingerprint density at radius 1 is 1.33 bits per heavy atom. The molecule has 110 valence electrons. The standard InChI is InChI=1S/C15H19N5O/c1-3-6-17-15(21)13-8-14(20-11(2)19-13)18-10-12-5-4-7-16-9-12/h4-5,7-9H,3,6,10H2,1-2H3,(H,17,21)(H,18,19,20). The van der Waals surface area contributed by atoms with Crippen LogP contribution < -0.4 is 10.6 Å². The maximum atomic E-state index is 11.9. The number of hydrogen-bond donors (Lipinski definition) is 2. The van der Waals surface area contributed by atoms with Crippen LogP contribution in [0.2, 0.25) is 0 Å². The summed E-state index contributed by atoms with van der Waals surface area (Å²) in [5, 5.41) is 5.99. The smallest absolute Gasteiger partial charge is 0.270 e. The Labute approximate surface area is 124 Å². The summed E-state index contributed by atoms with van der Waals surface area (Å²) in [5.74, 6) is 1.02. The Morgan fingerprint density at radius 3 is 2.90 bits per heavy atom. The molecule has 0 aromatic carbocycles. The van der Waals surface area contributed by atoms with Crippen molar-refractivity contribution in [1.29, 1.82) is 0 Å². The second-order valence-electron chi connectivity index (χ2n) is 4.66. The van der Waals surface area contributed by atoms with Gasteiger partial charge >= 0.3 is 0 Å². The molecule has 0 aliphatic carbocycles. The number of hydrogen-bond acceptors (Lipinski definition) is 5. The molecule has 0 radical (unpaired) electrons. The van der Waals surface area contributed by atoms with Crippen molar-refractivity contribution in [3.05, 3.63) is 47.7 Å². The summed E-state index contributed by atoms with van der Waals surface area (Å²) in [4.78, 5) is 24.5. The molecule has 21 heavy (non-hydrogen) atoms. The molecule has 1 amide bonds. The summed E-state index contributed by atoms with van der Waals surface area (Å²) < 4.78 is 0. The molecule has 2 aromatic heterocycles. The molecule has 0 aliphatic rings. The van der Waals surface area contributed by atoms with Crippen LogP contribution in [0.15, 0.2) is 30.6 Å². The van der Waals surface area contributed by atoms with Gasteiger partial charge in [0.05, 0.1) is 0 Å². The fourth-order valence-corrected chi connectivity index (χ4v) is 1.80. The Hall–Kier alpha value is -2.50. The highest BCUT2D eigenvalue weighted by atomic mass is 16.1. The highest BCUT2D eigenvalue weighted by Gasteiger charge is 2.09. The lowest BCUT2D eigenvalue weighted by Crippen LogP contribution is -2.25. The largest absolute Gasteiger partial charge is 0.366 e. The van der Waals surface area contributed by atoms with Crippen molar-refractivity contribution in [2.24, 2.45) is 0 Å². The molecule has 2 aromatic rings. The molecule has 0 saturated carbocycles. The lowest BCUT2D eigenvalue weighted by molar-refractivity contribution is 0.0948. The van der Waals surface area contributed by atoms with Gasteiger partial charge in [0.1, 0.15) is 17.3 Å². The minimum atomic E-state index is -0.174. The number of anilines is 1. The van der Waals surface area contributed by atoms with E-state index in [2.05, 4.69) is 25.6 Å². The van der Waals surface area contributed by atoms with E-state index >= 15 is 0 Å². The zero-order chi connectivity index (χ0) is 15.1. The summed E-state index contributed by atoms with van der Waals surface area (Å²) in [7, 11) is 0. The highest BCUT2D eigenvalue weighted by Crippen LogP contribution is 2.08. The first kappa shape index (κ1) is 14.9. The maximum absolute atomic E-state index is 11.9. The zero-order valence-electron chi connectivity index (χ0n) is 12.3. The van der Waals surface area contributed by atoms with Gasteiger partial charge in [-0.15, -0.1) is 0 Å². The van der Waals surface area contributed by atoms with Gasteiger partial charge in [0.15, 0.2) is 0 Å². The van der Waals surface area contributed by atoms with E-state index in [1.54, 1.807) is 25.4 Å². The van der Waals surface area contributed by atoms with E-state index in [-0.39, 0.29) is 5.91 Å². The topological polar surface area (TPSA) is 79.8 Å². The van der Waals surface area contributed by atoms with Crippen molar-refractivity contribution in [2.45, 2.75) is 26.8 Å². The third kappa shape index (κ3) is 4.52. The number of amides is 1. The van der Waals surface area contributed by atoms with Gasteiger partial charge in [-0.2, -0.15) is 0 Å². The van der Waals surface area contributed by atoms with Crippen molar-refractivity contribution in [2.75, 3.05) is 11.9 Å². The van der Waals surface area contributed by atoms with Crippen LogP contribution in [0.5, 0.6) is 0 Å². The Bertz CT molecular complexity index is 600. The predicted molar refractivity (Wildman–Crippen MR) is 81.0 cm³/mol. The molecular formula is C15H19N5O. The summed E-state index contributed by atoms with van der Waals surface area (Å²) in [6.07, 6.45) is 4.41. The molecule has 6 nitrogen and oxygen atoms in total. The van der Waals surface area contributed by atoms with Crippen LogP contribution >= 0.6 is 0 Å². The number of nitrogens with zero attached hydrogens (tertiary/aromatic N) is 3. The molecule has 2 rings (SSSR count). The highest BCUT2D eigenvalue weighted by molar-refractivity contribution is 5.92. The number of pyridine rings is 1. The molecule has 0 atom stereocenters. The average molecular weight is 285 g/mol. The second-order valence-corrected chi connectivity index (χ2v) is 4.66. The Morgan fingerprint density at radius 2 is 2.19 bits per heavy atom. The van der Waals surface area contributed by atoms with E-state index in [1.807, 2.05) is 19.1 Å². The number of rotatable bonds is 6. The van der Waals surface area contributed by atoms with E-state index in [9.17, 15) is 4.79 Å². The number of aromatic nitrogens is 3. The average Bonchev–Trinajstić information content (AvgIpc) is 2.51. The zero-order valence-corrected chi connectivity index (χ0v) is 12.3. The normalized spacial score (nSPS) is 10.2. The third-order valence-corrected chi connectivity index (χ3v) is 2.80. The van der Waals surface area contributed by atoms with Gasteiger partial charge in [-0.25, -0.2) is 9.97 Å². The number of nitrogens with one attached hydrogen (secondary N) is 2. The molecule has 0 unspecified atom stereocenters. The third-order valence-electron chi connectivity index (χ3n) is 2.80. The van der Waals surface area contributed by atoms with Gasteiger partial charge in [0, 0.05) is 31.5 Å². The first-order valence-electron chi connectivity index (χ1n) is 6.95. The van der Waals surface area contributed by atoms with Gasteiger partial charge in [-0.3, -0.25) is 9.78 Å². The molecule has 0 saturated heterocycles. The van der Waals surface area contributed by atoms with E-state index in [1.165, 1.54) is 0 Å². The van der Waals surface area contributed by atoms with Crippen LogP contribution in [0.1, 0.15) is 35.2 Å². The van der Waals surface area contributed by atoms with Gasteiger partial charge < -0.3 is 10.6 Å². The SMILES string of the molecule is CCCNC(=O)c1cc(NCc2cccnc2)nc(C)n1. The monoisotopic (exact) mass is 285 g/mol. The minimum absolute atomic E-state index is 0.174. The lowest BCUT2D eigenvalue weighted by atomic mass is 10.3. The summed E-state index contributed by atoms with van der Waals surface area (Å²) in [6, 6.07) is 5.52. The molecule has 0 bridgehead atoms. The molecule has 2 N–H and O–H groups in total. The molecule has 0 aliphatic heterocycles. The fraction of sp³-hybridized carbons (Fsp3) is 0.333.